The van der Waals surface area contributed by atoms with Crippen LogP contribution >= 0.6 is 57.9 Å². The number of rotatable bonds is 5. The largest absolute Gasteiger partial charge is 0.465 e. The van der Waals surface area contributed by atoms with Crippen LogP contribution in [0.4, 0.5) is 5.69 Å². The topological polar surface area (TPSA) is 43.3 Å². The van der Waals surface area contributed by atoms with Crippen molar-refractivity contribution in [1.82, 2.24) is 3.97 Å². The molecule has 1 aromatic heterocycles. The van der Waals surface area contributed by atoms with Crippen LogP contribution in [0.2, 0.25) is 5.02 Å². The Morgan fingerprint density at radius 1 is 1.60 bits per heavy atom. The fourth-order valence-electron chi connectivity index (χ4n) is 1.77. The zero-order valence-corrected chi connectivity index (χ0v) is 15.8. The van der Waals surface area contributed by atoms with Crippen LogP contribution < -0.4 is 5.32 Å². The number of hydrogen-bond acceptors (Lipinski definition) is 4. The third-order valence-corrected chi connectivity index (χ3v) is 5.54. The van der Waals surface area contributed by atoms with Crippen LogP contribution in [0.3, 0.4) is 0 Å². The average molecular weight is 490 g/mol. The lowest BCUT2D eigenvalue weighted by atomic mass is 10.2. The molecule has 2 aromatic rings. The van der Waals surface area contributed by atoms with Crippen molar-refractivity contribution in [1.29, 1.82) is 0 Å². The number of carbonyl (C=O) groups excluding carboxylic acids is 1. The molecule has 0 spiro atoms. The Hall–Kier alpha value is -0.120. The highest BCUT2D eigenvalue weighted by molar-refractivity contribution is 14.2. The minimum absolute atomic E-state index is 0.138. The van der Waals surface area contributed by atoms with Crippen LogP contribution in [0, 0.1) is 0 Å². The van der Waals surface area contributed by atoms with E-state index in [0.29, 0.717) is 11.6 Å². The molecule has 4 nitrogen and oxygen atoms in total. The highest BCUT2D eigenvalue weighted by Gasteiger charge is 2.12. The number of halogens is 3. The second kappa shape index (κ2) is 7.24. The molecular weight excluding hydrogens is 478 g/mol. The summed E-state index contributed by atoms with van der Waals surface area (Å²) in [7, 11) is 1.53. The maximum atomic E-state index is 11.4. The zero-order chi connectivity index (χ0) is 14.7. The third kappa shape index (κ3) is 3.55. The lowest BCUT2D eigenvalue weighted by Crippen LogP contribution is -2.16. The first-order valence-corrected chi connectivity index (χ1v) is 10.2. The van der Waals surface area contributed by atoms with Crippen LogP contribution in [0.1, 0.15) is 6.92 Å². The first kappa shape index (κ1) is 16.3. The van der Waals surface area contributed by atoms with Gasteiger partial charge in [-0.15, -0.1) is 0 Å². The zero-order valence-electron chi connectivity index (χ0n) is 10.5. The van der Waals surface area contributed by atoms with Crippen molar-refractivity contribution >= 4 is 80.4 Å². The molecule has 8 heteroatoms. The lowest BCUT2D eigenvalue weighted by Gasteiger charge is -2.05. The lowest BCUT2D eigenvalue weighted by molar-refractivity contribution is -0.140. The van der Waals surface area contributed by atoms with Crippen LogP contribution in [0.5, 0.6) is 0 Å². The van der Waals surface area contributed by atoms with E-state index in [0.717, 1.165) is 21.1 Å². The van der Waals surface area contributed by atoms with E-state index < -0.39 is 0 Å². The van der Waals surface area contributed by atoms with E-state index >= 15 is 0 Å². The summed E-state index contributed by atoms with van der Waals surface area (Å²) in [5.74, 6) is -0.274. The van der Waals surface area contributed by atoms with E-state index in [1.54, 1.807) is 6.92 Å². The van der Waals surface area contributed by atoms with Gasteiger partial charge in [0.25, 0.3) is 0 Å². The maximum Gasteiger partial charge on any atom is 0.325 e. The Kier molecular flexibility index (Phi) is 5.88. The molecular formula is C12H11BrClIN2O2S. The number of hydrogen-bond donors (Lipinski definition) is 1. The van der Waals surface area contributed by atoms with E-state index in [1.807, 2.05) is 22.3 Å². The normalized spacial score (nSPS) is 10.8. The minimum Gasteiger partial charge on any atom is -0.465 e. The Morgan fingerprint density at radius 2 is 2.35 bits per heavy atom. The molecule has 20 heavy (non-hydrogen) atoms. The van der Waals surface area contributed by atoms with Gasteiger partial charge in [0.1, 0.15) is 6.54 Å². The fraction of sp³-hybridized carbons (Fsp3) is 0.250. The summed E-state index contributed by atoms with van der Waals surface area (Å²) in [6.07, 6.45) is 1.93. The summed E-state index contributed by atoms with van der Waals surface area (Å²) in [5.41, 5.74) is 1.86. The van der Waals surface area contributed by atoms with Crippen LogP contribution in [0.25, 0.3) is 10.9 Å². The summed E-state index contributed by atoms with van der Waals surface area (Å²) in [6, 6.07) is 3.83. The number of aromatic nitrogens is 1. The summed E-state index contributed by atoms with van der Waals surface area (Å²) < 4.78 is 7.72. The first-order valence-electron chi connectivity index (χ1n) is 5.75. The number of fused-ring (bicyclic) bond motifs is 1. The third-order valence-electron chi connectivity index (χ3n) is 2.62. The molecule has 0 amide bonds. The predicted octanol–water partition coefficient (Wildman–Crippen LogP) is 4.88. The van der Waals surface area contributed by atoms with Gasteiger partial charge < -0.3 is 10.1 Å². The van der Waals surface area contributed by atoms with Crippen LogP contribution in [-0.2, 0) is 9.53 Å². The number of nitrogens with one attached hydrogen (secondary N) is 1. The van der Waals surface area contributed by atoms with Crippen LogP contribution in [-0.4, -0.2) is 23.1 Å². The van der Waals surface area contributed by atoms with Crippen molar-refractivity contribution in [3.8, 4) is 0 Å². The molecule has 2 rings (SSSR count). The number of benzene rings is 1. The monoisotopic (exact) mass is 488 g/mol. The molecule has 1 heterocycles. The van der Waals surface area contributed by atoms with Crippen molar-refractivity contribution in [2.75, 3.05) is 18.5 Å². The van der Waals surface area contributed by atoms with Crippen LogP contribution in [0.15, 0.2) is 22.8 Å². The van der Waals surface area contributed by atoms with Gasteiger partial charge in [0.2, 0.25) is 0 Å². The second-order valence-corrected chi connectivity index (χ2v) is 6.85. The minimum atomic E-state index is -0.274. The number of nitrogens with zero attached hydrogens (tertiary/aromatic N) is 1. The molecule has 108 valence electrons. The van der Waals surface area contributed by atoms with Crippen molar-refractivity contribution < 1.29 is 9.53 Å². The van der Waals surface area contributed by atoms with Gasteiger partial charge in [-0.1, -0.05) is 11.6 Å². The SMILES string of the molecule is CCOC(=O)CNc1cn(SI)c2cc(Cl)c(Br)cc12. The van der Waals surface area contributed by atoms with E-state index in [4.69, 9.17) is 16.3 Å². The number of esters is 1. The summed E-state index contributed by atoms with van der Waals surface area (Å²) in [6.45, 7) is 2.31. The van der Waals surface area contributed by atoms with E-state index in [2.05, 4.69) is 42.5 Å². The number of ether oxygens (including phenoxy) is 1. The molecule has 0 bridgehead atoms. The molecule has 0 saturated heterocycles. The molecule has 0 aliphatic carbocycles. The smallest absolute Gasteiger partial charge is 0.325 e. The molecule has 0 radical (unpaired) electrons. The molecule has 0 fully saturated rings. The molecule has 0 unspecified atom stereocenters. The van der Waals surface area contributed by atoms with Gasteiger partial charge in [-0.05, 0) is 35.0 Å². The molecule has 1 N–H and O–H groups in total. The average Bonchev–Trinajstić information content (AvgIpc) is 2.75. The Morgan fingerprint density at radius 3 is 3.00 bits per heavy atom. The fourth-order valence-corrected chi connectivity index (χ4v) is 3.62. The Labute approximate surface area is 146 Å². The van der Waals surface area contributed by atoms with Gasteiger partial charge in [0, 0.05) is 46.4 Å². The molecule has 1 aromatic carbocycles. The first-order chi connectivity index (χ1) is 9.56. The van der Waals surface area contributed by atoms with Crippen molar-refractivity contribution in [3.63, 3.8) is 0 Å². The highest BCUT2D eigenvalue weighted by atomic mass is 127. The van der Waals surface area contributed by atoms with Gasteiger partial charge in [0.15, 0.2) is 0 Å². The predicted molar refractivity (Wildman–Crippen MR) is 96.8 cm³/mol. The van der Waals surface area contributed by atoms with Gasteiger partial charge in [-0.25, -0.2) is 0 Å². The van der Waals surface area contributed by atoms with Gasteiger partial charge >= 0.3 is 5.97 Å². The number of carbonyl (C=O) groups is 1. The van der Waals surface area contributed by atoms with Gasteiger partial charge in [-0.3, -0.25) is 8.77 Å². The molecule has 0 saturated carbocycles. The summed E-state index contributed by atoms with van der Waals surface area (Å²) >= 11 is 11.7. The Bertz CT molecular complexity index is 650. The highest BCUT2D eigenvalue weighted by Crippen LogP contribution is 2.36. The van der Waals surface area contributed by atoms with E-state index in [-0.39, 0.29) is 12.5 Å². The number of anilines is 1. The van der Waals surface area contributed by atoms with Crippen molar-refractivity contribution in [2.24, 2.45) is 0 Å². The molecule has 0 atom stereocenters. The standard InChI is InChI=1S/C12H11BrClIN2O2S/c1-2-19-12(18)5-16-10-6-17(20-15)11-4-9(14)8(13)3-7(10)11/h3-4,6,16H,2,5H2,1H3. The van der Waals surface area contributed by atoms with Gasteiger partial charge in [0.05, 0.1) is 22.8 Å². The Balaban J connectivity index is 2.33. The maximum absolute atomic E-state index is 11.4. The molecule has 0 aliphatic heterocycles. The second-order valence-electron chi connectivity index (χ2n) is 3.88. The van der Waals surface area contributed by atoms with Gasteiger partial charge in [-0.2, -0.15) is 0 Å². The quantitative estimate of drug-likeness (QED) is 0.480. The van der Waals surface area contributed by atoms with E-state index in [1.165, 1.54) is 9.12 Å². The van der Waals surface area contributed by atoms with Crippen molar-refractivity contribution in [2.45, 2.75) is 6.92 Å². The van der Waals surface area contributed by atoms with Crippen molar-refractivity contribution in [3.05, 3.63) is 27.8 Å². The molecule has 0 aliphatic rings. The summed E-state index contributed by atoms with van der Waals surface area (Å²) in [4.78, 5) is 11.4. The summed E-state index contributed by atoms with van der Waals surface area (Å²) in [5, 5.41) is 4.74. The van der Waals surface area contributed by atoms with E-state index in [9.17, 15) is 4.79 Å².